The molecule has 150 valence electrons. The van der Waals surface area contributed by atoms with E-state index in [9.17, 15) is 4.79 Å². The molecule has 6 heteroatoms. The van der Waals surface area contributed by atoms with Gasteiger partial charge in [-0.1, -0.05) is 43.2 Å². The van der Waals surface area contributed by atoms with Crippen molar-refractivity contribution >= 4 is 17.2 Å². The van der Waals surface area contributed by atoms with Crippen molar-refractivity contribution in [2.24, 2.45) is 0 Å². The number of methoxy groups -OCH3 is 1. The molecular weight excluding hydrogens is 384 g/mol. The Bertz CT molecular complexity index is 952. The number of benzene rings is 2. The maximum Gasteiger partial charge on any atom is 0.252 e. The molecule has 5 nitrogen and oxygen atoms in total. The highest BCUT2D eigenvalue weighted by Gasteiger charge is 2.39. The predicted octanol–water partition coefficient (Wildman–Crippen LogP) is 4.93. The molecule has 0 saturated heterocycles. The van der Waals surface area contributed by atoms with E-state index in [-0.39, 0.29) is 11.4 Å². The number of nitrogens with zero attached hydrogens (tertiary/aromatic N) is 1. The third-order valence-electron chi connectivity index (χ3n) is 5.31. The zero-order valence-electron chi connectivity index (χ0n) is 16.4. The maximum absolute atomic E-state index is 13.0. The van der Waals surface area contributed by atoms with Gasteiger partial charge in [-0.2, -0.15) is 0 Å². The molecule has 0 atom stereocenters. The number of rotatable bonds is 7. The third kappa shape index (κ3) is 4.27. The van der Waals surface area contributed by atoms with Crippen LogP contribution in [0, 0.1) is 0 Å². The van der Waals surface area contributed by atoms with E-state index in [1.54, 1.807) is 42.8 Å². The summed E-state index contributed by atoms with van der Waals surface area (Å²) in [5, 5.41) is 6.20. The largest absolute Gasteiger partial charge is 0.493 e. The van der Waals surface area contributed by atoms with Crippen molar-refractivity contribution in [2.75, 3.05) is 7.11 Å². The summed E-state index contributed by atoms with van der Waals surface area (Å²) in [4.78, 5) is 17.5. The summed E-state index contributed by atoms with van der Waals surface area (Å²) >= 11 is 1.60. The number of thiazole rings is 1. The fourth-order valence-electron chi connectivity index (χ4n) is 3.78. The minimum absolute atomic E-state index is 0.116. The van der Waals surface area contributed by atoms with Gasteiger partial charge in [-0.15, -0.1) is 11.3 Å². The molecule has 4 rings (SSSR count). The van der Waals surface area contributed by atoms with Crippen LogP contribution in [-0.2, 0) is 12.1 Å². The number of nitrogens with one attached hydrogen (secondary N) is 1. The van der Waals surface area contributed by atoms with E-state index in [0.717, 1.165) is 36.3 Å². The van der Waals surface area contributed by atoms with Gasteiger partial charge in [0, 0.05) is 17.1 Å². The molecular formula is C23H24N2O3S. The molecule has 1 heterocycles. The number of hydrogen-bond donors (Lipinski definition) is 1. The number of hydrogen-bond acceptors (Lipinski definition) is 5. The normalized spacial score (nSPS) is 15.1. The Morgan fingerprint density at radius 3 is 2.62 bits per heavy atom. The van der Waals surface area contributed by atoms with Crippen LogP contribution in [0.25, 0.3) is 0 Å². The minimum Gasteiger partial charge on any atom is -0.493 e. The van der Waals surface area contributed by atoms with Crippen LogP contribution in [-0.4, -0.2) is 18.0 Å². The Kier molecular flexibility index (Phi) is 5.81. The number of amides is 1. The molecule has 1 aromatic heterocycles. The molecule has 0 bridgehead atoms. The van der Waals surface area contributed by atoms with Crippen LogP contribution >= 0.6 is 11.3 Å². The van der Waals surface area contributed by atoms with Crippen LogP contribution in [0.1, 0.15) is 46.6 Å². The highest BCUT2D eigenvalue weighted by Crippen LogP contribution is 2.40. The van der Waals surface area contributed by atoms with Crippen molar-refractivity contribution in [2.45, 2.75) is 37.8 Å². The summed E-state index contributed by atoms with van der Waals surface area (Å²) in [5.41, 5.74) is 1.26. The first kappa shape index (κ1) is 19.5. The molecule has 2 aromatic carbocycles. The van der Waals surface area contributed by atoms with Gasteiger partial charge in [-0.3, -0.25) is 4.79 Å². The van der Waals surface area contributed by atoms with Gasteiger partial charge >= 0.3 is 0 Å². The zero-order valence-corrected chi connectivity index (χ0v) is 17.2. The molecule has 3 aromatic rings. The molecule has 1 aliphatic rings. The van der Waals surface area contributed by atoms with E-state index < -0.39 is 0 Å². The quantitative estimate of drug-likeness (QED) is 0.602. The fraction of sp³-hybridized carbons (Fsp3) is 0.304. The minimum atomic E-state index is -0.360. The van der Waals surface area contributed by atoms with Gasteiger partial charge in [0.1, 0.15) is 11.6 Å². The van der Waals surface area contributed by atoms with Gasteiger partial charge in [0.05, 0.1) is 12.6 Å². The predicted molar refractivity (Wildman–Crippen MR) is 113 cm³/mol. The Morgan fingerprint density at radius 2 is 1.93 bits per heavy atom. The Hall–Kier alpha value is -2.86. The van der Waals surface area contributed by atoms with Gasteiger partial charge in [-0.25, -0.2) is 4.98 Å². The van der Waals surface area contributed by atoms with E-state index in [0.29, 0.717) is 23.7 Å². The molecule has 1 amide bonds. The molecule has 29 heavy (non-hydrogen) atoms. The van der Waals surface area contributed by atoms with Crippen LogP contribution in [0.15, 0.2) is 60.1 Å². The highest BCUT2D eigenvalue weighted by molar-refractivity contribution is 7.09. The van der Waals surface area contributed by atoms with Crippen LogP contribution < -0.4 is 14.8 Å². The standard InChI is InChI=1S/C23H24N2O3S/c1-27-20-15-18(9-10-19(20)28-16-17-7-3-2-4-8-17)21(26)25-23(11-5-6-12-23)22-24-13-14-29-22/h2-4,7-10,13-15H,5-6,11-12,16H2,1H3,(H,25,26). The van der Waals surface area contributed by atoms with E-state index in [2.05, 4.69) is 10.3 Å². The second-order valence-electron chi connectivity index (χ2n) is 7.22. The number of ether oxygens (including phenoxy) is 2. The molecule has 1 aliphatic carbocycles. The van der Waals surface area contributed by atoms with Crippen molar-refractivity contribution in [3.8, 4) is 11.5 Å². The SMILES string of the molecule is COc1cc(C(=O)NC2(c3nccs3)CCCC2)ccc1OCc1ccccc1. The van der Waals surface area contributed by atoms with Crippen LogP contribution in [0.4, 0.5) is 0 Å². The Morgan fingerprint density at radius 1 is 1.14 bits per heavy atom. The lowest BCUT2D eigenvalue weighted by Crippen LogP contribution is -2.43. The third-order valence-corrected chi connectivity index (χ3v) is 6.29. The van der Waals surface area contributed by atoms with Gasteiger partial charge in [0.2, 0.25) is 0 Å². The molecule has 1 saturated carbocycles. The van der Waals surface area contributed by atoms with E-state index in [4.69, 9.17) is 9.47 Å². The average Bonchev–Trinajstić information content (AvgIpc) is 3.46. The maximum atomic E-state index is 13.0. The Labute approximate surface area is 174 Å². The second kappa shape index (κ2) is 8.66. The molecule has 0 unspecified atom stereocenters. The summed E-state index contributed by atoms with van der Waals surface area (Å²) in [5.74, 6) is 1.04. The first-order valence-corrected chi connectivity index (χ1v) is 10.7. The van der Waals surface area contributed by atoms with Gasteiger partial charge in [0.15, 0.2) is 11.5 Å². The summed E-state index contributed by atoms with van der Waals surface area (Å²) in [6.07, 6.45) is 5.82. The van der Waals surface area contributed by atoms with E-state index in [1.807, 2.05) is 35.7 Å². The molecule has 0 aliphatic heterocycles. The van der Waals surface area contributed by atoms with Gasteiger partial charge in [-0.05, 0) is 36.6 Å². The van der Waals surface area contributed by atoms with Crippen LogP contribution in [0.3, 0.4) is 0 Å². The summed E-state index contributed by atoms with van der Waals surface area (Å²) < 4.78 is 11.4. The smallest absolute Gasteiger partial charge is 0.252 e. The summed E-state index contributed by atoms with van der Waals surface area (Å²) in [7, 11) is 1.58. The topological polar surface area (TPSA) is 60.5 Å². The van der Waals surface area contributed by atoms with Crippen molar-refractivity contribution in [1.29, 1.82) is 0 Å². The highest BCUT2D eigenvalue weighted by atomic mass is 32.1. The number of aromatic nitrogens is 1. The molecule has 0 radical (unpaired) electrons. The zero-order chi connectivity index (χ0) is 20.1. The van der Waals surface area contributed by atoms with Crippen LogP contribution in [0.5, 0.6) is 11.5 Å². The first-order chi connectivity index (χ1) is 14.2. The van der Waals surface area contributed by atoms with Crippen molar-refractivity contribution in [3.05, 3.63) is 76.2 Å². The van der Waals surface area contributed by atoms with Crippen molar-refractivity contribution in [1.82, 2.24) is 10.3 Å². The van der Waals surface area contributed by atoms with Crippen LogP contribution in [0.2, 0.25) is 0 Å². The molecule has 1 fully saturated rings. The number of carbonyl (C=O) groups excluding carboxylic acids is 1. The lowest BCUT2D eigenvalue weighted by molar-refractivity contribution is 0.0897. The van der Waals surface area contributed by atoms with Crippen molar-refractivity contribution in [3.63, 3.8) is 0 Å². The second-order valence-corrected chi connectivity index (χ2v) is 8.12. The van der Waals surface area contributed by atoms with Gasteiger partial charge < -0.3 is 14.8 Å². The fourth-order valence-corrected chi connectivity index (χ4v) is 4.64. The molecule has 1 N–H and O–H groups in total. The summed E-state index contributed by atoms with van der Waals surface area (Å²) in [6, 6.07) is 15.3. The first-order valence-electron chi connectivity index (χ1n) is 9.77. The lowest BCUT2D eigenvalue weighted by Gasteiger charge is -2.28. The monoisotopic (exact) mass is 408 g/mol. The van der Waals surface area contributed by atoms with E-state index in [1.165, 1.54) is 0 Å². The summed E-state index contributed by atoms with van der Waals surface area (Å²) in [6.45, 7) is 0.440. The van der Waals surface area contributed by atoms with Gasteiger partial charge in [0.25, 0.3) is 5.91 Å². The lowest BCUT2D eigenvalue weighted by atomic mass is 9.97. The molecule has 0 spiro atoms. The van der Waals surface area contributed by atoms with E-state index >= 15 is 0 Å². The average molecular weight is 409 g/mol. The number of carbonyl (C=O) groups is 1. The Balaban J connectivity index is 1.50. The van der Waals surface area contributed by atoms with Crippen molar-refractivity contribution < 1.29 is 14.3 Å².